The van der Waals surface area contributed by atoms with E-state index in [0.29, 0.717) is 13.1 Å². The molecule has 0 saturated carbocycles. The van der Waals surface area contributed by atoms with Crippen molar-refractivity contribution in [3.8, 4) is 0 Å². The number of carbonyl (C=O) groups is 2. The minimum atomic E-state index is -0.423. The highest BCUT2D eigenvalue weighted by Crippen LogP contribution is 2.15. The average molecular weight is 411 g/mol. The molecule has 0 spiro atoms. The largest absolute Gasteiger partial charge is 0.341 e. The molecule has 0 aromatic heterocycles. The van der Waals surface area contributed by atoms with Crippen LogP contribution >= 0.6 is 24.8 Å². The highest BCUT2D eigenvalue weighted by Gasteiger charge is 2.31. The monoisotopic (exact) mass is 410 g/mol. The second-order valence-electron chi connectivity index (χ2n) is 7.55. The lowest BCUT2D eigenvalue weighted by atomic mass is 10.0. The fraction of sp³-hybridized carbons (Fsp3) is 0.889. The molecule has 0 aromatic carbocycles. The van der Waals surface area contributed by atoms with Crippen molar-refractivity contribution in [3.05, 3.63) is 0 Å². The van der Waals surface area contributed by atoms with Crippen molar-refractivity contribution >= 4 is 36.6 Å². The predicted molar refractivity (Wildman–Crippen MR) is 110 cm³/mol. The third-order valence-corrected chi connectivity index (χ3v) is 5.45. The first-order valence-electron chi connectivity index (χ1n) is 9.49. The molecule has 26 heavy (non-hydrogen) atoms. The molecule has 2 fully saturated rings. The van der Waals surface area contributed by atoms with Gasteiger partial charge in [-0.25, -0.2) is 0 Å². The van der Waals surface area contributed by atoms with Crippen molar-refractivity contribution in [1.82, 2.24) is 14.7 Å². The van der Waals surface area contributed by atoms with Crippen LogP contribution in [0.2, 0.25) is 0 Å². The van der Waals surface area contributed by atoms with E-state index in [-0.39, 0.29) is 48.6 Å². The summed E-state index contributed by atoms with van der Waals surface area (Å²) in [5.74, 6) is 0.436. The van der Waals surface area contributed by atoms with Crippen molar-refractivity contribution < 1.29 is 9.59 Å². The number of carbonyl (C=O) groups excluding carboxylic acids is 2. The Morgan fingerprint density at radius 2 is 1.19 bits per heavy atom. The average Bonchev–Trinajstić information content (AvgIpc) is 2.88. The first kappa shape index (κ1) is 25.4. The van der Waals surface area contributed by atoms with Gasteiger partial charge in [0, 0.05) is 39.3 Å². The lowest BCUT2D eigenvalue weighted by Crippen LogP contribution is -2.58. The maximum Gasteiger partial charge on any atom is 0.239 e. The highest BCUT2D eigenvalue weighted by atomic mass is 35.5. The molecule has 6 nitrogen and oxygen atoms in total. The summed E-state index contributed by atoms with van der Waals surface area (Å²) in [5.41, 5.74) is 5.98. The second-order valence-corrected chi connectivity index (χ2v) is 7.55. The lowest BCUT2D eigenvalue weighted by molar-refractivity contribution is -0.139. The molecule has 0 aliphatic carbocycles. The Balaban J connectivity index is 0.00000312. The molecule has 2 heterocycles. The Labute approximate surface area is 170 Å². The van der Waals surface area contributed by atoms with Gasteiger partial charge in [0.25, 0.3) is 0 Å². The third-order valence-electron chi connectivity index (χ3n) is 5.45. The number of likely N-dealkylation sites (tertiary alicyclic amines) is 1. The summed E-state index contributed by atoms with van der Waals surface area (Å²) in [6.45, 7) is 10.6. The Hall–Kier alpha value is -0.560. The summed E-state index contributed by atoms with van der Waals surface area (Å²) in [7, 11) is 0. The smallest absolute Gasteiger partial charge is 0.239 e. The summed E-state index contributed by atoms with van der Waals surface area (Å²) in [6.07, 6.45) is 4.70. The van der Waals surface area contributed by atoms with Crippen LogP contribution in [-0.4, -0.2) is 77.9 Å². The van der Waals surface area contributed by atoms with Crippen LogP contribution in [0.25, 0.3) is 0 Å². The molecule has 154 valence electrons. The van der Waals surface area contributed by atoms with Crippen molar-refractivity contribution in [3.63, 3.8) is 0 Å². The van der Waals surface area contributed by atoms with Gasteiger partial charge in [-0.3, -0.25) is 14.5 Å². The fourth-order valence-corrected chi connectivity index (χ4v) is 3.54. The van der Waals surface area contributed by atoms with Crippen LogP contribution in [0.3, 0.4) is 0 Å². The molecule has 0 aromatic rings. The van der Waals surface area contributed by atoms with Gasteiger partial charge in [-0.1, -0.05) is 26.7 Å². The number of amides is 2. The van der Waals surface area contributed by atoms with Crippen molar-refractivity contribution in [2.45, 2.75) is 58.5 Å². The minimum absolute atomic E-state index is 0. The molecule has 8 heteroatoms. The Bertz CT molecular complexity index is 435. The van der Waals surface area contributed by atoms with E-state index in [1.165, 1.54) is 12.8 Å². The summed E-state index contributed by atoms with van der Waals surface area (Å²) in [6, 6.07) is -0.521. The van der Waals surface area contributed by atoms with Gasteiger partial charge in [0.15, 0.2) is 0 Å². The maximum atomic E-state index is 12.7. The molecular formula is C18H36Cl2N4O2. The number of hydrogen-bond donors (Lipinski definition) is 1. The maximum absolute atomic E-state index is 12.7. The number of nitrogens with zero attached hydrogens (tertiary/aromatic N) is 3. The zero-order valence-corrected chi connectivity index (χ0v) is 18.0. The van der Waals surface area contributed by atoms with Gasteiger partial charge < -0.3 is 15.5 Å². The summed E-state index contributed by atoms with van der Waals surface area (Å²) >= 11 is 0. The van der Waals surface area contributed by atoms with Crippen LogP contribution < -0.4 is 5.73 Å². The highest BCUT2D eigenvalue weighted by molar-refractivity contribution is 5.85. The standard InChI is InChI=1S/C18H34N4O2.2ClH/c1-14(2)16(19)18(24)22-12-10-20(11-13-22)15(3)17(23)21-8-6-4-5-7-9-21;;/h14-16H,4-13,19H2,1-3H3;2*1H/t15?,16-;;/m0../s1. The van der Waals surface area contributed by atoms with E-state index in [1.54, 1.807) is 0 Å². The third kappa shape index (κ3) is 6.55. The van der Waals surface area contributed by atoms with Gasteiger partial charge in [0.1, 0.15) is 0 Å². The molecule has 0 radical (unpaired) electrons. The second kappa shape index (κ2) is 12.0. The van der Waals surface area contributed by atoms with Crippen LogP contribution in [0, 0.1) is 5.92 Å². The zero-order valence-electron chi connectivity index (χ0n) is 16.4. The first-order valence-corrected chi connectivity index (χ1v) is 9.49. The SMILES string of the molecule is CC(C)[C@H](N)C(=O)N1CCN(C(C)C(=O)N2CCCCCC2)CC1.Cl.Cl. The van der Waals surface area contributed by atoms with E-state index in [1.807, 2.05) is 30.6 Å². The quantitative estimate of drug-likeness (QED) is 0.765. The van der Waals surface area contributed by atoms with Gasteiger partial charge in [-0.05, 0) is 25.7 Å². The number of halogens is 2. The Morgan fingerprint density at radius 1 is 0.731 bits per heavy atom. The van der Waals surface area contributed by atoms with Crippen LogP contribution in [-0.2, 0) is 9.59 Å². The van der Waals surface area contributed by atoms with Gasteiger partial charge in [0.2, 0.25) is 11.8 Å². The Morgan fingerprint density at radius 3 is 1.65 bits per heavy atom. The summed E-state index contributed by atoms with van der Waals surface area (Å²) in [4.78, 5) is 31.2. The number of piperazine rings is 1. The topological polar surface area (TPSA) is 69.9 Å². The lowest BCUT2D eigenvalue weighted by Gasteiger charge is -2.39. The fourth-order valence-electron chi connectivity index (χ4n) is 3.54. The zero-order chi connectivity index (χ0) is 17.7. The van der Waals surface area contributed by atoms with Gasteiger partial charge in [0.05, 0.1) is 12.1 Å². The molecule has 2 saturated heterocycles. The van der Waals surface area contributed by atoms with Crippen molar-refractivity contribution in [1.29, 1.82) is 0 Å². The molecule has 1 unspecified atom stereocenters. The predicted octanol–water partition coefficient (Wildman–Crippen LogP) is 1.75. The van der Waals surface area contributed by atoms with Crippen molar-refractivity contribution in [2.24, 2.45) is 11.7 Å². The van der Waals surface area contributed by atoms with Gasteiger partial charge in [-0.15, -0.1) is 24.8 Å². The molecule has 2 atom stereocenters. The van der Waals surface area contributed by atoms with E-state index in [0.717, 1.165) is 39.0 Å². The van der Waals surface area contributed by atoms with Crippen molar-refractivity contribution in [2.75, 3.05) is 39.3 Å². The first-order chi connectivity index (χ1) is 11.4. The number of nitrogens with two attached hydrogens (primary N) is 1. The normalized spacial score (nSPS) is 21.3. The molecule has 2 aliphatic heterocycles. The van der Waals surface area contributed by atoms with E-state index >= 15 is 0 Å². The van der Waals surface area contributed by atoms with E-state index in [2.05, 4.69) is 4.90 Å². The number of hydrogen-bond acceptors (Lipinski definition) is 4. The Kier molecular flexibility index (Phi) is 11.7. The molecule has 2 N–H and O–H groups in total. The molecule has 0 bridgehead atoms. The molecule has 2 amide bonds. The van der Waals surface area contributed by atoms with Crippen LogP contribution in [0.5, 0.6) is 0 Å². The summed E-state index contributed by atoms with van der Waals surface area (Å²) < 4.78 is 0. The van der Waals surface area contributed by atoms with E-state index < -0.39 is 6.04 Å². The van der Waals surface area contributed by atoms with Gasteiger partial charge >= 0.3 is 0 Å². The van der Waals surface area contributed by atoms with E-state index in [4.69, 9.17) is 5.73 Å². The van der Waals surface area contributed by atoms with Crippen LogP contribution in [0.4, 0.5) is 0 Å². The van der Waals surface area contributed by atoms with E-state index in [9.17, 15) is 9.59 Å². The minimum Gasteiger partial charge on any atom is -0.341 e. The number of rotatable bonds is 4. The molecule has 2 rings (SSSR count). The molecule has 2 aliphatic rings. The summed E-state index contributed by atoms with van der Waals surface area (Å²) in [5, 5.41) is 0. The van der Waals surface area contributed by atoms with Gasteiger partial charge in [-0.2, -0.15) is 0 Å². The van der Waals surface area contributed by atoms with Crippen LogP contribution in [0.15, 0.2) is 0 Å². The van der Waals surface area contributed by atoms with Crippen LogP contribution in [0.1, 0.15) is 46.5 Å². The molecular weight excluding hydrogens is 375 g/mol.